The first-order valence-electron chi connectivity index (χ1n) is 6.24. The van der Waals surface area contributed by atoms with Crippen LogP contribution in [0, 0.1) is 0 Å². The molecule has 3 rings (SSSR count). The molecule has 0 fully saturated rings. The van der Waals surface area contributed by atoms with E-state index in [4.69, 9.17) is 0 Å². The lowest BCUT2D eigenvalue weighted by Gasteiger charge is -2.23. The Bertz CT molecular complexity index is 604. The number of amides is 1. The minimum absolute atomic E-state index is 0.0612. The lowest BCUT2D eigenvalue weighted by Crippen LogP contribution is -2.34. The molecule has 0 aliphatic carbocycles. The molecule has 1 atom stereocenters. The Hall–Kier alpha value is -1.27. The van der Waals surface area contributed by atoms with Crippen molar-refractivity contribution in [1.82, 2.24) is 15.5 Å². The zero-order chi connectivity index (χ0) is 13.4. The molecular formula is C13H15N3OS2. The molecule has 3 heterocycles. The number of thiophene rings is 1. The van der Waals surface area contributed by atoms with E-state index in [1.54, 1.807) is 29.3 Å². The highest BCUT2D eigenvalue weighted by molar-refractivity contribution is 8.00. The number of hydrogen-bond acceptors (Lipinski definition) is 4. The largest absolute Gasteiger partial charge is 0.351 e. The molecule has 0 bridgehead atoms. The Balaban J connectivity index is 2.24. The Morgan fingerprint density at radius 3 is 3.05 bits per heavy atom. The van der Waals surface area contributed by atoms with Gasteiger partial charge < -0.3 is 5.32 Å². The van der Waals surface area contributed by atoms with Crippen molar-refractivity contribution in [3.8, 4) is 10.6 Å². The lowest BCUT2D eigenvalue weighted by atomic mass is 9.89. The highest BCUT2D eigenvalue weighted by Gasteiger charge is 2.32. The molecule has 4 nitrogen and oxygen atoms in total. The number of hydrogen-bond donors (Lipinski definition) is 2. The average Bonchev–Trinajstić information content (AvgIpc) is 3.06. The van der Waals surface area contributed by atoms with Crippen molar-refractivity contribution in [3.63, 3.8) is 0 Å². The van der Waals surface area contributed by atoms with E-state index >= 15 is 0 Å². The standard InChI is InChI=1S/C13H15N3OS2/c1-3-7-6-14-12(17)10-9(7)11(19-13(10)18-2)8-4-5-15-16-8/h4-5,7H,3,6H2,1-2H3,(H,14,17)(H,15,16)/t7-/m0/s1. The topological polar surface area (TPSA) is 57.8 Å². The van der Waals surface area contributed by atoms with Gasteiger partial charge in [0.2, 0.25) is 0 Å². The number of thioether (sulfide) groups is 1. The molecule has 19 heavy (non-hydrogen) atoms. The highest BCUT2D eigenvalue weighted by atomic mass is 32.2. The minimum Gasteiger partial charge on any atom is -0.351 e. The molecule has 2 aromatic heterocycles. The Labute approximate surface area is 120 Å². The molecule has 0 radical (unpaired) electrons. The van der Waals surface area contributed by atoms with Crippen LogP contribution in [-0.2, 0) is 0 Å². The summed E-state index contributed by atoms with van der Waals surface area (Å²) in [6.45, 7) is 2.90. The van der Waals surface area contributed by atoms with E-state index < -0.39 is 0 Å². The van der Waals surface area contributed by atoms with Crippen molar-refractivity contribution < 1.29 is 4.79 Å². The second-order valence-electron chi connectivity index (χ2n) is 4.50. The van der Waals surface area contributed by atoms with Gasteiger partial charge in [-0.1, -0.05) is 6.92 Å². The van der Waals surface area contributed by atoms with E-state index in [2.05, 4.69) is 22.4 Å². The Morgan fingerprint density at radius 1 is 1.58 bits per heavy atom. The van der Waals surface area contributed by atoms with Crippen LogP contribution in [0.1, 0.15) is 35.2 Å². The summed E-state index contributed by atoms with van der Waals surface area (Å²) < 4.78 is 1.09. The van der Waals surface area contributed by atoms with Crippen LogP contribution in [0.5, 0.6) is 0 Å². The molecule has 1 aliphatic heterocycles. The van der Waals surface area contributed by atoms with Gasteiger partial charge in [-0.2, -0.15) is 5.10 Å². The number of rotatable bonds is 3. The molecular weight excluding hydrogens is 278 g/mol. The van der Waals surface area contributed by atoms with E-state index in [0.717, 1.165) is 28.4 Å². The van der Waals surface area contributed by atoms with Crippen LogP contribution >= 0.6 is 23.1 Å². The van der Waals surface area contributed by atoms with Gasteiger partial charge in [-0.3, -0.25) is 9.89 Å². The number of carbonyl (C=O) groups is 1. The lowest BCUT2D eigenvalue weighted by molar-refractivity contribution is 0.0937. The van der Waals surface area contributed by atoms with Crippen molar-refractivity contribution in [1.29, 1.82) is 0 Å². The van der Waals surface area contributed by atoms with E-state index in [1.165, 1.54) is 10.4 Å². The van der Waals surface area contributed by atoms with Gasteiger partial charge in [0.25, 0.3) is 5.91 Å². The van der Waals surface area contributed by atoms with Crippen LogP contribution in [0.4, 0.5) is 0 Å². The van der Waals surface area contributed by atoms with Crippen LogP contribution in [-0.4, -0.2) is 28.9 Å². The molecule has 0 saturated carbocycles. The SMILES string of the molecule is CC[C@H]1CNC(=O)c2c(SC)sc(-c3ccn[nH]3)c21. The number of fused-ring (bicyclic) bond motifs is 1. The summed E-state index contributed by atoms with van der Waals surface area (Å²) in [5.41, 5.74) is 3.08. The van der Waals surface area contributed by atoms with Crippen LogP contribution in [0.25, 0.3) is 10.6 Å². The quantitative estimate of drug-likeness (QED) is 0.855. The monoisotopic (exact) mass is 293 g/mol. The maximum Gasteiger partial charge on any atom is 0.253 e. The van der Waals surface area contributed by atoms with Crippen LogP contribution in [0.15, 0.2) is 16.5 Å². The van der Waals surface area contributed by atoms with Crippen LogP contribution in [0.3, 0.4) is 0 Å². The van der Waals surface area contributed by atoms with E-state index in [-0.39, 0.29) is 5.91 Å². The van der Waals surface area contributed by atoms with E-state index in [1.807, 2.05) is 12.3 Å². The van der Waals surface area contributed by atoms with Crippen LogP contribution < -0.4 is 5.32 Å². The van der Waals surface area contributed by atoms with E-state index in [0.29, 0.717) is 5.92 Å². The maximum atomic E-state index is 12.2. The molecule has 2 aromatic rings. The molecule has 2 N–H and O–H groups in total. The van der Waals surface area contributed by atoms with Gasteiger partial charge in [-0.25, -0.2) is 0 Å². The van der Waals surface area contributed by atoms with Gasteiger partial charge in [0.1, 0.15) is 0 Å². The molecule has 1 amide bonds. The van der Waals surface area contributed by atoms with Crippen molar-refractivity contribution >= 4 is 29.0 Å². The van der Waals surface area contributed by atoms with Gasteiger partial charge in [0.05, 0.1) is 20.3 Å². The third-order valence-corrected chi connectivity index (χ3v) is 5.84. The molecule has 0 spiro atoms. The van der Waals surface area contributed by atoms with Crippen LogP contribution in [0.2, 0.25) is 0 Å². The summed E-state index contributed by atoms with van der Waals surface area (Å²) in [6, 6.07) is 1.97. The summed E-state index contributed by atoms with van der Waals surface area (Å²) in [5, 5.41) is 10.0. The third-order valence-electron chi connectivity index (χ3n) is 3.48. The predicted octanol–water partition coefficient (Wildman–Crippen LogP) is 3.10. The first-order valence-corrected chi connectivity index (χ1v) is 8.29. The fourth-order valence-corrected chi connectivity index (χ4v) is 4.59. The number of H-pyrrole nitrogens is 1. The zero-order valence-electron chi connectivity index (χ0n) is 10.8. The maximum absolute atomic E-state index is 12.2. The summed E-state index contributed by atoms with van der Waals surface area (Å²) >= 11 is 3.33. The summed E-state index contributed by atoms with van der Waals surface area (Å²) in [4.78, 5) is 13.3. The van der Waals surface area contributed by atoms with Crippen molar-refractivity contribution in [3.05, 3.63) is 23.4 Å². The molecule has 100 valence electrons. The Morgan fingerprint density at radius 2 is 2.42 bits per heavy atom. The highest BCUT2D eigenvalue weighted by Crippen LogP contribution is 2.45. The number of aromatic amines is 1. The van der Waals surface area contributed by atoms with Gasteiger partial charge >= 0.3 is 0 Å². The average molecular weight is 293 g/mol. The summed E-state index contributed by atoms with van der Waals surface area (Å²) in [5.74, 6) is 0.453. The van der Waals surface area contributed by atoms with E-state index in [9.17, 15) is 4.79 Å². The molecule has 0 saturated heterocycles. The van der Waals surface area contributed by atoms with Gasteiger partial charge in [-0.05, 0) is 24.3 Å². The zero-order valence-corrected chi connectivity index (χ0v) is 12.5. The molecule has 0 aromatic carbocycles. The van der Waals surface area contributed by atoms with Crippen molar-refractivity contribution in [2.24, 2.45) is 0 Å². The fourth-order valence-electron chi connectivity index (χ4n) is 2.51. The second kappa shape index (κ2) is 5.02. The summed E-state index contributed by atoms with van der Waals surface area (Å²) in [6.07, 6.45) is 4.80. The van der Waals surface area contributed by atoms with Gasteiger partial charge in [-0.15, -0.1) is 23.1 Å². The normalized spacial score (nSPS) is 18.2. The Kier molecular flexibility index (Phi) is 3.36. The first kappa shape index (κ1) is 12.7. The number of nitrogens with zero attached hydrogens (tertiary/aromatic N) is 1. The summed E-state index contributed by atoms with van der Waals surface area (Å²) in [7, 11) is 0. The third kappa shape index (κ3) is 1.99. The predicted molar refractivity (Wildman–Crippen MR) is 79.0 cm³/mol. The van der Waals surface area contributed by atoms with Gasteiger partial charge in [0, 0.05) is 18.7 Å². The molecule has 6 heteroatoms. The molecule has 0 unspecified atom stereocenters. The minimum atomic E-state index is 0.0612. The van der Waals surface area contributed by atoms with Crippen molar-refractivity contribution in [2.75, 3.05) is 12.8 Å². The number of nitrogens with one attached hydrogen (secondary N) is 2. The molecule has 1 aliphatic rings. The smallest absolute Gasteiger partial charge is 0.253 e. The fraction of sp³-hybridized carbons (Fsp3) is 0.385. The van der Waals surface area contributed by atoms with Crippen molar-refractivity contribution in [2.45, 2.75) is 23.5 Å². The van der Waals surface area contributed by atoms with Gasteiger partial charge in [0.15, 0.2) is 0 Å². The first-order chi connectivity index (χ1) is 9.26. The second-order valence-corrected chi connectivity index (χ2v) is 6.59. The number of aromatic nitrogens is 2. The number of carbonyl (C=O) groups excluding carboxylic acids is 1.